The second-order valence-electron chi connectivity index (χ2n) is 4.68. The zero-order valence-electron chi connectivity index (χ0n) is 12.3. The van der Waals surface area contributed by atoms with Gasteiger partial charge in [0.1, 0.15) is 5.75 Å². The van der Waals surface area contributed by atoms with E-state index in [9.17, 15) is 4.79 Å². The molecule has 0 aliphatic rings. The van der Waals surface area contributed by atoms with Gasteiger partial charge >= 0.3 is 0 Å². The number of aryl methyl sites for hydroxylation is 1. The van der Waals surface area contributed by atoms with Crippen LogP contribution in [0.15, 0.2) is 34.9 Å². The van der Waals surface area contributed by atoms with E-state index in [1.165, 1.54) is 0 Å². The molecule has 2 aromatic rings. The van der Waals surface area contributed by atoms with E-state index in [0.29, 0.717) is 18.7 Å². The van der Waals surface area contributed by atoms with Crippen LogP contribution < -0.4 is 4.74 Å². The lowest BCUT2D eigenvalue weighted by Gasteiger charge is -2.18. The van der Waals surface area contributed by atoms with Crippen molar-refractivity contribution < 1.29 is 9.53 Å². The summed E-state index contributed by atoms with van der Waals surface area (Å²) in [6.07, 6.45) is 1.73. The molecule has 1 heterocycles. The summed E-state index contributed by atoms with van der Waals surface area (Å²) in [4.78, 5) is 14.1. The molecule has 0 atom stereocenters. The molecule has 0 fully saturated rings. The number of nitrogens with zero attached hydrogens (tertiary/aromatic N) is 3. The number of aromatic nitrogens is 2. The normalized spacial score (nSPS) is 10.5. The van der Waals surface area contributed by atoms with Gasteiger partial charge in [-0.3, -0.25) is 9.48 Å². The average molecular weight is 352 g/mol. The van der Waals surface area contributed by atoms with Gasteiger partial charge in [0.2, 0.25) is 0 Å². The molecule has 1 aromatic heterocycles. The van der Waals surface area contributed by atoms with E-state index in [2.05, 4.69) is 21.0 Å². The van der Waals surface area contributed by atoms with Gasteiger partial charge in [-0.2, -0.15) is 5.10 Å². The topological polar surface area (TPSA) is 47.4 Å². The summed E-state index contributed by atoms with van der Waals surface area (Å²) in [6.45, 7) is 3.03. The number of carbonyl (C=O) groups is 1. The van der Waals surface area contributed by atoms with Crippen molar-refractivity contribution in [2.45, 2.75) is 13.5 Å². The number of benzene rings is 1. The molecule has 112 valence electrons. The largest absolute Gasteiger partial charge is 0.494 e. The summed E-state index contributed by atoms with van der Waals surface area (Å²) >= 11 is 3.44. The van der Waals surface area contributed by atoms with E-state index in [0.717, 1.165) is 15.9 Å². The molecular weight excluding hydrogens is 334 g/mol. The van der Waals surface area contributed by atoms with Gasteiger partial charge < -0.3 is 9.64 Å². The first-order chi connectivity index (χ1) is 10.0. The maximum absolute atomic E-state index is 12.4. The van der Waals surface area contributed by atoms with Crippen molar-refractivity contribution in [1.82, 2.24) is 14.7 Å². The van der Waals surface area contributed by atoms with Crippen LogP contribution in [0, 0.1) is 0 Å². The van der Waals surface area contributed by atoms with E-state index in [1.807, 2.05) is 26.1 Å². The van der Waals surface area contributed by atoms with Crippen LogP contribution in [0.25, 0.3) is 0 Å². The molecule has 0 aliphatic heterocycles. The van der Waals surface area contributed by atoms with Crippen LogP contribution in [0.3, 0.4) is 0 Å². The summed E-state index contributed by atoms with van der Waals surface area (Å²) in [5, 5.41) is 4.15. The van der Waals surface area contributed by atoms with Crippen LogP contribution in [0.4, 0.5) is 0 Å². The third kappa shape index (κ3) is 3.64. The summed E-state index contributed by atoms with van der Waals surface area (Å²) in [5.41, 5.74) is 1.59. The lowest BCUT2D eigenvalue weighted by atomic mass is 10.2. The lowest BCUT2D eigenvalue weighted by Crippen LogP contribution is -2.27. The molecule has 1 aromatic carbocycles. The third-order valence-corrected chi connectivity index (χ3v) is 3.82. The molecule has 0 aliphatic carbocycles. The number of amides is 1. The fraction of sp³-hybridized carbons (Fsp3) is 0.333. The third-order valence-electron chi connectivity index (χ3n) is 3.16. The fourth-order valence-corrected chi connectivity index (χ4v) is 2.46. The van der Waals surface area contributed by atoms with E-state index in [-0.39, 0.29) is 5.91 Å². The number of ether oxygens (including phenoxy) is 1. The molecule has 1 amide bonds. The molecule has 0 unspecified atom stereocenters. The number of hydrogen-bond donors (Lipinski definition) is 0. The Morgan fingerprint density at radius 3 is 2.57 bits per heavy atom. The zero-order valence-corrected chi connectivity index (χ0v) is 13.9. The predicted molar refractivity (Wildman–Crippen MR) is 84.3 cm³/mol. The Labute approximate surface area is 132 Å². The van der Waals surface area contributed by atoms with E-state index in [4.69, 9.17) is 4.74 Å². The Bertz CT molecular complexity index is 603. The number of halogens is 1. The first-order valence-corrected chi connectivity index (χ1v) is 7.47. The summed E-state index contributed by atoms with van der Waals surface area (Å²) in [7, 11) is 3.63. The van der Waals surface area contributed by atoms with Crippen LogP contribution in [0.2, 0.25) is 0 Å². The number of hydrogen-bond acceptors (Lipinski definition) is 3. The zero-order chi connectivity index (χ0) is 15.4. The van der Waals surface area contributed by atoms with Gasteiger partial charge in [-0.05, 0) is 47.1 Å². The molecule has 0 bridgehead atoms. The highest BCUT2D eigenvalue weighted by Crippen LogP contribution is 2.18. The van der Waals surface area contributed by atoms with Crippen molar-refractivity contribution in [1.29, 1.82) is 0 Å². The van der Waals surface area contributed by atoms with E-state index < -0.39 is 0 Å². The minimum atomic E-state index is -0.0360. The molecule has 6 heteroatoms. The highest BCUT2D eigenvalue weighted by Gasteiger charge is 2.15. The molecule has 0 radical (unpaired) electrons. The Hall–Kier alpha value is -1.82. The average Bonchev–Trinajstić information content (AvgIpc) is 2.79. The Balaban J connectivity index is 2.08. The van der Waals surface area contributed by atoms with Crippen molar-refractivity contribution in [3.8, 4) is 5.75 Å². The Kier molecular flexibility index (Phi) is 5.01. The molecule has 0 spiro atoms. The van der Waals surface area contributed by atoms with E-state index in [1.54, 1.807) is 35.0 Å². The first-order valence-electron chi connectivity index (χ1n) is 6.67. The van der Waals surface area contributed by atoms with Crippen LogP contribution in [0.5, 0.6) is 5.75 Å². The maximum Gasteiger partial charge on any atom is 0.253 e. The van der Waals surface area contributed by atoms with E-state index >= 15 is 0 Å². The van der Waals surface area contributed by atoms with Crippen LogP contribution >= 0.6 is 15.9 Å². The van der Waals surface area contributed by atoms with Gasteiger partial charge in [-0.25, -0.2) is 0 Å². The summed E-state index contributed by atoms with van der Waals surface area (Å²) in [5.74, 6) is 0.734. The molecule has 21 heavy (non-hydrogen) atoms. The molecular formula is C15H18BrN3O2. The molecule has 0 N–H and O–H groups in total. The lowest BCUT2D eigenvalue weighted by molar-refractivity contribution is 0.0781. The molecule has 5 nitrogen and oxygen atoms in total. The van der Waals surface area contributed by atoms with Crippen molar-refractivity contribution in [2.75, 3.05) is 13.7 Å². The molecule has 0 saturated carbocycles. The Morgan fingerprint density at radius 2 is 2.05 bits per heavy atom. The fourth-order valence-electron chi connectivity index (χ4n) is 1.99. The van der Waals surface area contributed by atoms with Crippen molar-refractivity contribution >= 4 is 21.8 Å². The van der Waals surface area contributed by atoms with Crippen molar-refractivity contribution in [2.24, 2.45) is 7.05 Å². The second-order valence-corrected chi connectivity index (χ2v) is 5.54. The summed E-state index contributed by atoms with van der Waals surface area (Å²) < 4.78 is 8.03. The summed E-state index contributed by atoms with van der Waals surface area (Å²) in [6, 6.07) is 7.18. The standard InChI is InChI=1S/C15H18BrN3O2/c1-4-21-12-7-5-11(6-8-12)15(20)18(2)10-14-13(16)9-17-19(14)3/h5-9H,4,10H2,1-3H3. The van der Waals surface area contributed by atoms with Gasteiger partial charge in [0.15, 0.2) is 0 Å². The van der Waals surface area contributed by atoms with Crippen LogP contribution in [-0.4, -0.2) is 34.2 Å². The van der Waals surface area contributed by atoms with Crippen LogP contribution in [0.1, 0.15) is 23.0 Å². The first kappa shape index (κ1) is 15.6. The second kappa shape index (κ2) is 6.76. The monoisotopic (exact) mass is 351 g/mol. The van der Waals surface area contributed by atoms with Crippen molar-refractivity contribution in [3.05, 3.63) is 46.2 Å². The number of rotatable bonds is 5. The SMILES string of the molecule is CCOc1ccc(C(=O)N(C)Cc2c(Br)cnn2C)cc1. The molecule has 2 rings (SSSR count). The molecule has 0 saturated heterocycles. The van der Waals surface area contributed by atoms with Gasteiger partial charge in [0, 0.05) is 19.7 Å². The van der Waals surface area contributed by atoms with Gasteiger partial charge in [-0.1, -0.05) is 0 Å². The minimum absolute atomic E-state index is 0.0360. The van der Waals surface area contributed by atoms with Gasteiger partial charge in [-0.15, -0.1) is 0 Å². The maximum atomic E-state index is 12.4. The Morgan fingerprint density at radius 1 is 1.38 bits per heavy atom. The van der Waals surface area contributed by atoms with Crippen LogP contribution in [-0.2, 0) is 13.6 Å². The predicted octanol–water partition coefficient (Wildman–Crippen LogP) is 2.85. The van der Waals surface area contributed by atoms with Gasteiger partial charge in [0.25, 0.3) is 5.91 Å². The number of carbonyl (C=O) groups excluding carboxylic acids is 1. The highest BCUT2D eigenvalue weighted by molar-refractivity contribution is 9.10. The quantitative estimate of drug-likeness (QED) is 0.831. The van der Waals surface area contributed by atoms with Gasteiger partial charge in [0.05, 0.1) is 29.5 Å². The smallest absolute Gasteiger partial charge is 0.253 e. The minimum Gasteiger partial charge on any atom is -0.494 e. The van der Waals surface area contributed by atoms with Crippen molar-refractivity contribution in [3.63, 3.8) is 0 Å². The highest BCUT2D eigenvalue weighted by atomic mass is 79.9.